The molecule has 0 aromatic carbocycles. The minimum Gasteiger partial charge on any atom is -0.870 e. The molecular weight excluding hydrogens is 98.5 g/mol. The smallest absolute Gasteiger partial charge is 0.870 e. The van der Waals surface area contributed by atoms with E-state index >= 15 is 0 Å². The second-order valence-corrected chi connectivity index (χ2v) is 0.463. The van der Waals surface area contributed by atoms with Gasteiger partial charge in [-0.25, -0.2) is 0 Å². The van der Waals surface area contributed by atoms with Gasteiger partial charge in [0, 0.05) is 0 Å². The summed E-state index contributed by atoms with van der Waals surface area (Å²) in [4.78, 5) is 0. The molecule has 0 heterocycles. The molecule has 0 aliphatic rings. The molecule has 0 saturated heterocycles. The second-order valence-electron chi connectivity index (χ2n) is 0.154. The molecule has 0 aliphatic carbocycles. The van der Waals surface area contributed by atoms with Crippen molar-refractivity contribution in [3.05, 3.63) is 12.1 Å². The van der Waals surface area contributed by atoms with Crippen LogP contribution in [0, 0.1) is 0 Å². The Kier molecular flexibility index (Phi) is 66.9. The first kappa shape index (κ1) is 16.7. The zero-order chi connectivity index (χ0) is 2.71. The van der Waals surface area contributed by atoms with Crippen LogP contribution in [-0.4, -0.2) is 5.48 Å². The zero-order valence-electron chi connectivity index (χ0n) is 3.11. The molecule has 0 fully saturated rings. The molecule has 5 heavy (non-hydrogen) atoms. The third-order valence-electron chi connectivity index (χ3n) is 0. The van der Waals surface area contributed by atoms with Crippen LogP contribution in [0.2, 0.25) is 0 Å². The van der Waals surface area contributed by atoms with E-state index in [1.165, 1.54) is 5.54 Å². The molecule has 0 radical (unpaired) electrons. The molecule has 0 rings (SSSR count). The Labute approximate surface area is 58.6 Å². The summed E-state index contributed by atoms with van der Waals surface area (Å²) in [7, 11) is 0. The summed E-state index contributed by atoms with van der Waals surface area (Å²) >= 11 is 4.76. The normalized spacial score (nSPS) is 2.60. The quantitative estimate of drug-likeness (QED) is 0.332. The van der Waals surface area contributed by atoms with Crippen LogP contribution < -0.4 is 29.6 Å². The molecule has 0 amide bonds. The van der Waals surface area contributed by atoms with E-state index in [-0.39, 0.29) is 35.0 Å². The predicted octanol–water partition coefficient (Wildman–Crippen LogP) is -1.80. The van der Waals surface area contributed by atoms with Crippen LogP contribution in [-0.2, 0) is 0 Å². The van der Waals surface area contributed by atoms with Crippen molar-refractivity contribution in [3.8, 4) is 0 Å². The van der Waals surface area contributed by atoms with E-state index in [0.717, 1.165) is 0 Å². The van der Waals surface area contributed by atoms with Gasteiger partial charge in [0.15, 0.2) is 0 Å². The minimum absolute atomic E-state index is 0. The van der Waals surface area contributed by atoms with Gasteiger partial charge in [-0.3, -0.25) is 0 Å². The molecule has 0 saturated carbocycles. The van der Waals surface area contributed by atoms with Crippen LogP contribution in [0.15, 0.2) is 12.1 Å². The molecule has 0 spiro atoms. The first-order valence-electron chi connectivity index (χ1n) is 0.626. The third kappa shape index (κ3) is 45.5. The maximum absolute atomic E-state index is 4.76. The van der Waals surface area contributed by atoms with Crippen molar-refractivity contribution in [3.63, 3.8) is 0 Å². The molecule has 26 valence electrons. The van der Waals surface area contributed by atoms with Gasteiger partial charge in [0.05, 0.1) is 0 Å². The summed E-state index contributed by atoms with van der Waals surface area (Å²) in [6.07, 6.45) is 0. The van der Waals surface area contributed by atoms with Crippen molar-refractivity contribution in [1.82, 2.24) is 0 Å². The Morgan fingerprint density at radius 3 is 1.60 bits per heavy atom. The van der Waals surface area contributed by atoms with Crippen LogP contribution in [0.3, 0.4) is 0 Å². The SMILES string of the molecule is C=CCl.[Na+].[OH-]. The third-order valence-corrected chi connectivity index (χ3v) is 0. The van der Waals surface area contributed by atoms with E-state index in [4.69, 9.17) is 11.6 Å². The molecular formula is C2H4ClNaO. The van der Waals surface area contributed by atoms with Crippen molar-refractivity contribution < 1.29 is 35.0 Å². The molecule has 0 aromatic rings. The number of halogens is 1. The predicted molar refractivity (Wildman–Crippen MR) is 18.0 cm³/mol. The summed E-state index contributed by atoms with van der Waals surface area (Å²) in [6, 6.07) is 0. The van der Waals surface area contributed by atoms with Gasteiger partial charge in [-0.15, -0.1) is 0 Å². The van der Waals surface area contributed by atoms with Crippen LogP contribution in [0.4, 0.5) is 0 Å². The summed E-state index contributed by atoms with van der Waals surface area (Å²) in [5, 5.41) is 0. The van der Waals surface area contributed by atoms with Crippen LogP contribution in [0.25, 0.3) is 0 Å². The van der Waals surface area contributed by atoms with Gasteiger partial charge in [0.1, 0.15) is 0 Å². The molecule has 0 atom stereocenters. The van der Waals surface area contributed by atoms with E-state index in [1.807, 2.05) is 0 Å². The second kappa shape index (κ2) is 20.1. The molecule has 0 aliphatic heterocycles. The van der Waals surface area contributed by atoms with Gasteiger partial charge in [0.25, 0.3) is 0 Å². The van der Waals surface area contributed by atoms with Crippen molar-refractivity contribution in [2.45, 2.75) is 0 Å². The first-order chi connectivity index (χ1) is 1.41. The molecule has 3 heteroatoms. The Balaban J connectivity index is -0.0000000200. The standard InChI is InChI=1S/C2H3Cl.Na.H2O/c1-2-3;;/h2H,1H2;;1H2/q;+1;/p-1. The topological polar surface area (TPSA) is 30.0 Å². The minimum atomic E-state index is 0. The van der Waals surface area contributed by atoms with Crippen LogP contribution in [0.5, 0.6) is 0 Å². The fourth-order valence-corrected chi connectivity index (χ4v) is 0. The maximum atomic E-state index is 4.76. The van der Waals surface area contributed by atoms with Gasteiger partial charge in [-0.2, -0.15) is 0 Å². The van der Waals surface area contributed by atoms with E-state index in [1.54, 1.807) is 0 Å². The van der Waals surface area contributed by atoms with E-state index < -0.39 is 0 Å². The summed E-state index contributed by atoms with van der Waals surface area (Å²) in [5.74, 6) is 0. The van der Waals surface area contributed by atoms with E-state index in [2.05, 4.69) is 6.58 Å². The maximum Gasteiger partial charge on any atom is 1.00 e. The van der Waals surface area contributed by atoms with Gasteiger partial charge in [0.2, 0.25) is 0 Å². The molecule has 1 nitrogen and oxygen atoms in total. The fraction of sp³-hybridized carbons (Fsp3) is 0. The summed E-state index contributed by atoms with van der Waals surface area (Å²) in [5.41, 5.74) is 1.22. The monoisotopic (exact) mass is 102 g/mol. The number of hydrogen-bond donors (Lipinski definition) is 0. The molecule has 1 N–H and O–H groups in total. The summed E-state index contributed by atoms with van der Waals surface area (Å²) in [6.45, 7) is 3.13. The Hall–Kier alpha value is 0.990. The van der Waals surface area contributed by atoms with Crippen molar-refractivity contribution in [2.24, 2.45) is 0 Å². The molecule has 0 unspecified atom stereocenters. The van der Waals surface area contributed by atoms with Crippen molar-refractivity contribution >= 4 is 11.6 Å². The average Bonchev–Trinajstić information content (AvgIpc) is 0.918. The van der Waals surface area contributed by atoms with E-state index in [0.29, 0.717) is 0 Å². The fourth-order valence-electron chi connectivity index (χ4n) is 0. The number of rotatable bonds is 0. The number of hydrogen-bond acceptors (Lipinski definition) is 1. The van der Waals surface area contributed by atoms with Gasteiger partial charge >= 0.3 is 29.6 Å². The molecule has 0 bridgehead atoms. The van der Waals surface area contributed by atoms with Crippen LogP contribution in [0.1, 0.15) is 0 Å². The van der Waals surface area contributed by atoms with Gasteiger partial charge < -0.3 is 5.48 Å². The van der Waals surface area contributed by atoms with Crippen molar-refractivity contribution in [1.29, 1.82) is 0 Å². The average molecular weight is 102 g/mol. The van der Waals surface area contributed by atoms with E-state index in [9.17, 15) is 0 Å². The van der Waals surface area contributed by atoms with Crippen molar-refractivity contribution in [2.75, 3.05) is 0 Å². The Morgan fingerprint density at radius 2 is 1.60 bits per heavy atom. The first-order valence-corrected chi connectivity index (χ1v) is 1.06. The van der Waals surface area contributed by atoms with Gasteiger partial charge in [-0.05, 0) is 5.54 Å². The zero-order valence-corrected chi connectivity index (χ0v) is 5.87. The van der Waals surface area contributed by atoms with Gasteiger partial charge in [-0.1, -0.05) is 18.2 Å². The summed E-state index contributed by atoms with van der Waals surface area (Å²) < 4.78 is 0. The largest absolute Gasteiger partial charge is 1.00 e. The Bertz CT molecular complexity index is 17.1. The van der Waals surface area contributed by atoms with Crippen LogP contribution >= 0.6 is 11.6 Å². The Morgan fingerprint density at radius 1 is 1.60 bits per heavy atom. The molecule has 0 aromatic heterocycles.